The van der Waals surface area contributed by atoms with Gasteiger partial charge in [0.05, 0.1) is 0 Å². The number of aryl methyl sites for hydroxylation is 1. The topological polar surface area (TPSA) is 55.1 Å². The molecule has 0 aliphatic heterocycles. The molecule has 0 saturated heterocycles. The zero-order valence-electron chi connectivity index (χ0n) is 13.8. The molecule has 1 N–H and O–H groups in total. The summed E-state index contributed by atoms with van der Waals surface area (Å²) in [5, 5.41) is 3.54. The molecule has 3 rings (SSSR count). The van der Waals surface area contributed by atoms with Crippen LogP contribution in [0.5, 0.6) is 0 Å². The van der Waals surface area contributed by atoms with Gasteiger partial charge in [0, 0.05) is 17.9 Å². The number of fused-ring (bicyclic) bond motifs is 1. The molecule has 0 spiro atoms. The summed E-state index contributed by atoms with van der Waals surface area (Å²) in [6.07, 6.45) is 0.935. The zero-order valence-corrected chi connectivity index (χ0v) is 14.7. The highest BCUT2D eigenvalue weighted by atomic mass is 32.2. The van der Waals surface area contributed by atoms with Crippen molar-refractivity contribution in [3.8, 4) is 0 Å². The molecular weight excluding hydrogens is 320 g/mol. The third-order valence-corrected chi connectivity index (χ3v) is 4.54. The van der Waals surface area contributed by atoms with E-state index in [0.717, 1.165) is 28.8 Å². The van der Waals surface area contributed by atoms with E-state index in [1.807, 2.05) is 56.3 Å². The molecule has 3 aromatic rings. The Hall–Kier alpha value is -2.27. The number of nitrogens with zero attached hydrogens (tertiary/aromatic N) is 1. The van der Waals surface area contributed by atoms with Gasteiger partial charge in [0.1, 0.15) is 5.52 Å². The maximum atomic E-state index is 11.9. The van der Waals surface area contributed by atoms with Gasteiger partial charge in [0.15, 0.2) is 5.58 Å². The van der Waals surface area contributed by atoms with Crippen LogP contribution >= 0.6 is 11.8 Å². The highest BCUT2D eigenvalue weighted by Crippen LogP contribution is 2.26. The molecule has 0 unspecified atom stereocenters. The Balaban J connectivity index is 1.62. The average molecular weight is 340 g/mol. The second-order valence-corrected chi connectivity index (χ2v) is 6.62. The van der Waals surface area contributed by atoms with Crippen molar-refractivity contribution >= 4 is 28.8 Å². The molecule has 1 amide bonds. The molecule has 0 aliphatic carbocycles. The average Bonchev–Trinajstić information content (AvgIpc) is 3.00. The summed E-state index contributed by atoms with van der Waals surface area (Å²) in [6, 6.07) is 13.6. The van der Waals surface area contributed by atoms with Crippen molar-refractivity contribution in [3.63, 3.8) is 0 Å². The van der Waals surface area contributed by atoms with Crippen molar-refractivity contribution in [3.05, 3.63) is 59.2 Å². The number of rotatable bonds is 6. The normalized spacial score (nSPS) is 10.9. The third kappa shape index (κ3) is 3.97. The highest BCUT2D eigenvalue weighted by Gasteiger charge is 2.08. The lowest BCUT2D eigenvalue weighted by Gasteiger charge is -2.04. The van der Waals surface area contributed by atoms with Crippen molar-refractivity contribution in [2.45, 2.75) is 31.2 Å². The smallest absolute Gasteiger partial charge is 0.257 e. The predicted octanol–water partition coefficient (Wildman–Crippen LogP) is 4.57. The van der Waals surface area contributed by atoms with Gasteiger partial charge in [-0.2, -0.15) is 0 Å². The number of benzene rings is 2. The lowest BCUT2D eigenvalue weighted by Crippen LogP contribution is -2.23. The Morgan fingerprint density at radius 2 is 2.00 bits per heavy atom. The summed E-state index contributed by atoms with van der Waals surface area (Å²) >= 11 is 1.55. The van der Waals surface area contributed by atoms with E-state index in [-0.39, 0.29) is 5.91 Å². The molecule has 0 aliphatic rings. The van der Waals surface area contributed by atoms with Crippen LogP contribution < -0.4 is 5.32 Å². The molecule has 0 bridgehead atoms. The van der Waals surface area contributed by atoms with Gasteiger partial charge in [-0.25, -0.2) is 4.98 Å². The summed E-state index contributed by atoms with van der Waals surface area (Å²) in [4.78, 5) is 16.4. The molecule has 4 nitrogen and oxygen atoms in total. The lowest BCUT2D eigenvalue weighted by molar-refractivity contribution is 0.0953. The Morgan fingerprint density at radius 3 is 2.75 bits per heavy atom. The number of carbonyl (C=O) groups is 1. The van der Waals surface area contributed by atoms with E-state index < -0.39 is 0 Å². The molecule has 1 heterocycles. The van der Waals surface area contributed by atoms with E-state index in [1.54, 1.807) is 11.8 Å². The van der Waals surface area contributed by atoms with Gasteiger partial charge in [-0.3, -0.25) is 4.79 Å². The summed E-state index contributed by atoms with van der Waals surface area (Å²) in [6.45, 7) is 4.78. The van der Waals surface area contributed by atoms with E-state index >= 15 is 0 Å². The Bertz CT molecular complexity index is 840. The first-order chi connectivity index (χ1) is 11.7. The van der Waals surface area contributed by atoms with Crippen molar-refractivity contribution in [2.75, 3.05) is 6.54 Å². The largest absolute Gasteiger partial charge is 0.431 e. The fourth-order valence-electron chi connectivity index (χ4n) is 2.32. The minimum atomic E-state index is -0.0228. The van der Waals surface area contributed by atoms with Gasteiger partial charge in [-0.15, -0.1) is 0 Å². The van der Waals surface area contributed by atoms with Crippen LogP contribution in [-0.4, -0.2) is 17.4 Å². The molecule has 124 valence electrons. The number of carbonyl (C=O) groups excluding carboxylic acids is 1. The van der Waals surface area contributed by atoms with Gasteiger partial charge < -0.3 is 9.73 Å². The fourth-order valence-corrected chi connectivity index (χ4v) is 3.11. The molecular formula is C19H20N2O2S. The van der Waals surface area contributed by atoms with Gasteiger partial charge in [0.2, 0.25) is 0 Å². The second kappa shape index (κ2) is 7.53. The summed E-state index contributed by atoms with van der Waals surface area (Å²) in [5.74, 6) is 0.730. The summed E-state index contributed by atoms with van der Waals surface area (Å²) in [7, 11) is 0. The monoisotopic (exact) mass is 340 g/mol. The lowest BCUT2D eigenvalue weighted by atomic mass is 10.1. The maximum absolute atomic E-state index is 11.9. The van der Waals surface area contributed by atoms with Crippen LogP contribution in [0.1, 0.15) is 34.8 Å². The first-order valence-corrected chi connectivity index (χ1v) is 9.01. The molecule has 5 heteroatoms. The van der Waals surface area contributed by atoms with Crippen LogP contribution in [0.2, 0.25) is 0 Å². The van der Waals surface area contributed by atoms with Crippen LogP contribution in [0.4, 0.5) is 0 Å². The SMILES string of the molecule is CCCNC(=O)c1ccc(CSc2nc3cc(C)ccc3o2)cc1. The van der Waals surface area contributed by atoms with Crippen LogP contribution in [0.15, 0.2) is 52.1 Å². The van der Waals surface area contributed by atoms with Gasteiger partial charge >= 0.3 is 0 Å². The second-order valence-electron chi connectivity index (χ2n) is 5.69. The molecule has 0 fully saturated rings. The number of aromatic nitrogens is 1. The first kappa shape index (κ1) is 16.6. The summed E-state index contributed by atoms with van der Waals surface area (Å²) in [5.41, 5.74) is 4.69. The van der Waals surface area contributed by atoms with Crippen molar-refractivity contribution < 1.29 is 9.21 Å². The quantitative estimate of drug-likeness (QED) is 0.668. The minimum absolute atomic E-state index is 0.0228. The van der Waals surface area contributed by atoms with Gasteiger partial charge in [-0.1, -0.05) is 36.9 Å². The number of oxazole rings is 1. The Kier molecular flexibility index (Phi) is 5.20. The van der Waals surface area contributed by atoms with E-state index in [4.69, 9.17) is 4.42 Å². The predicted molar refractivity (Wildman–Crippen MR) is 97.4 cm³/mol. The summed E-state index contributed by atoms with van der Waals surface area (Å²) < 4.78 is 5.74. The maximum Gasteiger partial charge on any atom is 0.257 e. The molecule has 0 radical (unpaired) electrons. The van der Waals surface area contributed by atoms with Crippen LogP contribution in [0, 0.1) is 6.92 Å². The van der Waals surface area contributed by atoms with E-state index in [2.05, 4.69) is 10.3 Å². The first-order valence-electron chi connectivity index (χ1n) is 8.03. The number of hydrogen-bond acceptors (Lipinski definition) is 4. The molecule has 0 saturated carbocycles. The highest BCUT2D eigenvalue weighted by molar-refractivity contribution is 7.98. The molecule has 1 aromatic heterocycles. The number of hydrogen-bond donors (Lipinski definition) is 1. The van der Waals surface area contributed by atoms with Crippen molar-refractivity contribution in [1.82, 2.24) is 10.3 Å². The third-order valence-electron chi connectivity index (χ3n) is 3.64. The van der Waals surface area contributed by atoms with Crippen molar-refractivity contribution in [1.29, 1.82) is 0 Å². The number of amides is 1. The minimum Gasteiger partial charge on any atom is -0.431 e. The Morgan fingerprint density at radius 1 is 1.21 bits per heavy atom. The Labute approximate surface area is 145 Å². The van der Waals surface area contributed by atoms with E-state index in [1.165, 1.54) is 5.56 Å². The number of nitrogens with one attached hydrogen (secondary N) is 1. The van der Waals surface area contributed by atoms with Crippen LogP contribution in [0.3, 0.4) is 0 Å². The molecule has 0 atom stereocenters. The van der Waals surface area contributed by atoms with Crippen molar-refractivity contribution in [2.24, 2.45) is 0 Å². The zero-order chi connectivity index (χ0) is 16.9. The van der Waals surface area contributed by atoms with E-state index in [0.29, 0.717) is 17.3 Å². The van der Waals surface area contributed by atoms with Gasteiger partial charge in [-0.05, 0) is 48.7 Å². The standard InChI is InChI=1S/C19H20N2O2S/c1-3-10-20-18(22)15-7-5-14(6-8-15)12-24-19-21-16-11-13(2)4-9-17(16)23-19/h4-9,11H,3,10,12H2,1-2H3,(H,20,22). The van der Waals surface area contributed by atoms with Gasteiger partial charge in [0.25, 0.3) is 11.1 Å². The molecule has 24 heavy (non-hydrogen) atoms. The van der Waals surface area contributed by atoms with E-state index in [9.17, 15) is 4.79 Å². The molecule has 2 aromatic carbocycles. The van der Waals surface area contributed by atoms with Crippen LogP contribution in [0.25, 0.3) is 11.1 Å². The number of thioether (sulfide) groups is 1. The van der Waals surface area contributed by atoms with Crippen LogP contribution in [-0.2, 0) is 5.75 Å². The fraction of sp³-hybridized carbons (Fsp3) is 0.263.